The summed E-state index contributed by atoms with van der Waals surface area (Å²) in [6.07, 6.45) is 4.33. The predicted octanol–water partition coefficient (Wildman–Crippen LogP) is 6.19. The summed E-state index contributed by atoms with van der Waals surface area (Å²) in [5.41, 5.74) is 4.98. The van der Waals surface area contributed by atoms with Gasteiger partial charge in [0.15, 0.2) is 0 Å². The quantitative estimate of drug-likeness (QED) is 0.272. The molecular weight excluding hydrogens is 400 g/mol. The molecule has 0 spiro atoms. The molecule has 4 aromatic carbocycles. The Bertz CT molecular complexity index is 705. The Balaban J connectivity index is 0.000000187. The molecule has 0 aliphatic carbocycles. The van der Waals surface area contributed by atoms with Gasteiger partial charge in [0.2, 0.25) is 0 Å². The molecular formula is C26H22Sr. The van der Waals surface area contributed by atoms with Crippen LogP contribution in [0.2, 0.25) is 0 Å². The monoisotopic (exact) mass is 422 g/mol. The van der Waals surface area contributed by atoms with Crippen LogP contribution >= 0.6 is 0 Å². The van der Waals surface area contributed by atoms with Crippen molar-refractivity contribution in [3.8, 4) is 0 Å². The second kappa shape index (κ2) is 12.5. The topological polar surface area (TPSA) is 0 Å². The SMILES string of the molecule is [Sr+2].c1ccc([CH-]c2ccccc2)cc1.c1ccc([CH-]c2ccccc2)cc1. The number of rotatable bonds is 4. The van der Waals surface area contributed by atoms with Gasteiger partial charge in [-0.2, -0.15) is 0 Å². The molecule has 0 saturated carbocycles. The van der Waals surface area contributed by atoms with E-state index in [-0.39, 0.29) is 45.5 Å². The Hall–Kier alpha value is -1.90. The van der Waals surface area contributed by atoms with E-state index in [0.29, 0.717) is 0 Å². The first-order chi connectivity index (χ1) is 12.9. The molecule has 0 nitrogen and oxygen atoms in total. The van der Waals surface area contributed by atoms with Crippen molar-refractivity contribution >= 4 is 45.5 Å². The standard InChI is InChI=1S/2C13H11.Sr/c2*1-3-7-12(8-4-1)11-13-9-5-2-6-10-13;/h2*1-11H;/q2*-1;+2. The molecule has 0 atom stereocenters. The van der Waals surface area contributed by atoms with E-state index in [1.807, 2.05) is 24.3 Å². The summed E-state index contributed by atoms with van der Waals surface area (Å²) in [5.74, 6) is 0. The summed E-state index contributed by atoms with van der Waals surface area (Å²) < 4.78 is 0. The van der Waals surface area contributed by atoms with Crippen molar-refractivity contribution < 1.29 is 0 Å². The van der Waals surface area contributed by atoms with Crippen molar-refractivity contribution in [2.24, 2.45) is 0 Å². The summed E-state index contributed by atoms with van der Waals surface area (Å²) in [6.45, 7) is 0. The fourth-order valence-electron chi connectivity index (χ4n) is 2.58. The molecule has 1 heteroatoms. The first-order valence-electron chi connectivity index (χ1n) is 8.80. The summed E-state index contributed by atoms with van der Waals surface area (Å²) in [4.78, 5) is 0. The molecule has 0 radical (unpaired) electrons. The van der Waals surface area contributed by atoms with Gasteiger partial charge in [0, 0.05) is 0 Å². The van der Waals surface area contributed by atoms with Crippen LogP contribution in [0, 0.1) is 12.8 Å². The number of hydrogen-bond donors (Lipinski definition) is 0. The van der Waals surface area contributed by atoms with E-state index in [4.69, 9.17) is 0 Å². The Morgan fingerprint density at radius 1 is 0.296 bits per heavy atom. The largest absolute Gasteiger partial charge is 2.00 e. The van der Waals surface area contributed by atoms with Gasteiger partial charge in [-0.3, -0.25) is 0 Å². The van der Waals surface area contributed by atoms with Gasteiger partial charge in [0.1, 0.15) is 0 Å². The van der Waals surface area contributed by atoms with Gasteiger partial charge in [-0.05, 0) is 0 Å². The Morgan fingerprint density at radius 3 is 0.667 bits per heavy atom. The van der Waals surface area contributed by atoms with Crippen LogP contribution in [0.1, 0.15) is 22.3 Å². The average molecular weight is 422 g/mol. The normalized spacial score (nSPS) is 9.19. The van der Waals surface area contributed by atoms with Crippen LogP contribution in [-0.4, -0.2) is 45.5 Å². The number of benzene rings is 4. The molecule has 0 bridgehead atoms. The van der Waals surface area contributed by atoms with Crippen LogP contribution in [-0.2, 0) is 0 Å². The van der Waals surface area contributed by atoms with Gasteiger partial charge in [-0.25, -0.2) is 0 Å². The van der Waals surface area contributed by atoms with Gasteiger partial charge in [0.25, 0.3) is 0 Å². The zero-order valence-corrected chi connectivity index (χ0v) is 18.9. The van der Waals surface area contributed by atoms with Gasteiger partial charge in [0.05, 0.1) is 0 Å². The van der Waals surface area contributed by atoms with Crippen LogP contribution in [0.4, 0.5) is 0 Å². The van der Waals surface area contributed by atoms with E-state index in [1.54, 1.807) is 0 Å². The molecule has 4 aromatic rings. The fraction of sp³-hybridized carbons (Fsp3) is 0. The smallest absolute Gasteiger partial charge is 0.126 e. The second-order valence-corrected chi connectivity index (χ2v) is 5.93. The van der Waals surface area contributed by atoms with E-state index in [1.165, 1.54) is 22.3 Å². The first kappa shape index (κ1) is 21.4. The molecule has 128 valence electrons. The maximum absolute atomic E-state index is 2.17. The van der Waals surface area contributed by atoms with E-state index in [9.17, 15) is 0 Å². The molecule has 0 saturated heterocycles. The van der Waals surface area contributed by atoms with Gasteiger partial charge < -0.3 is 0 Å². The van der Waals surface area contributed by atoms with E-state index in [0.717, 1.165) is 0 Å². The van der Waals surface area contributed by atoms with Crippen LogP contribution in [0.15, 0.2) is 121 Å². The van der Waals surface area contributed by atoms with Gasteiger partial charge in [-0.15, -0.1) is 83.6 Å². The molecule has 27 heavy (non-hydrogen) atoms. The van der Waals surface area contributed by atoms with Crippen molar-refractivity contribution in [3.05, 3.63) is 156 Å². The summed E-state index contributed by atoms with van der Waals surface area (Å²) in [7, 11) is 0. The van der Waals surface area contributed by atoms with Crippen molar-refractivity contribution in [3.63, 3.8) is 0 Å². The number of hydrogen-bond acceptors (Lipinski definition) is 0. The minimum atomic E-state index is 0. The second-order valence-electron chi connectivity index (χ2n) is 5.93. The zero-order chi connectivity index (χ0) is 17.9. The fourth-order valence-corrected chi connectivity index (χ4v) is 2.58. The van der Waals surface area contributed by atoms with Crippen LogP contribution in [0.25, 0.3) is 0 Å². The molecule has 0 amide bonds. The van der Waals surface area contributed by atoms with Crippen molar-refractivity contribution in [1.29, 1.82) is 0 Å². The van der Waals surface area contributed by atoms with Crippen molar-refractivity contribution in [2.75, 3.05) is 0 Å². The first-order valence-corrected chi connectivity index (χ1v) is 8.80. The average Bonchev–Trinajstić information content (AvgIpc) is 2.72. The Labute approximate surface area is 200 Å². The van der Waals surface area contributed by atoms with E-state index in [2.05, 4.69) is 110 Å². The molecule has 0 aliphatic heterocycles. The van der Waals surface area contributed by atoms with Crippen LogP contribution in [0.5, 0.6) is 0 Å². The molecule has 0 heterocycles. The Morgan fingerprint density at radius 2 is 0.481 bits per heavy atom. The minimum Gasteiger partial charge on any atom is -0.126 e. The summed E-state index contributed by atoms with van der Waals surface area (Å²) >= 11 is 0. The van der Waals surface area contributed by atoms with Crippen LogP contribution in [0.3, 0.4) is 0 Å². The Kier molecular flexibility index (Phi) is 9.89. The van der Waals surface area contributed by atoms with Crippen molar-refractivity contribution in [2.45, 2.75) is 0 Å². The maximum atomic E-state index is 2.17. The molecule has 0 N–H and O–H groups in total. The zero-order valence-electron chi connectivity index (χ0n) is 15.4. The third-order valence-electron chi connectivity index (χ3n) is 3.86. The van der Waals surface area contributed by atoms with Gasteiger partial charge >= 0.3 is 45.5 Å². The molecule has 0 aliphatic rings. The predicted molar refractivity (Wildman–Crippen MR) is 117 cm³/mol. The molecule has 0 unspecified atom stereocenters. The summed E-state index contributed by atoms with van der Waals surface area (Å²) in [6, 6.07) is 41.4. The molecule has 0 fully saturated rings. The third-order valence-corrected chi connectivity index (χ3v) is 3.86. The van der Waals surface area contributed by atoms with E-state index >= 15 is 0 Å². The third kappa shape index (κ3) is 8.11. The van der Waals surface area contributed by atoms with Crippen LogP contribution < -0.4 is 0 Å². The van der Waals surface area contributed by atoms with Gasteiger partial charge in [-0.1, -0.05) is 72.8 Å². The maximum Gasteiger partial charge on any atom is 2.00 e. The summed E-state index contributed by atoms with van der Waals surface area (Å²) in [5, 5.41) is 0. The van der Waals surface area contributed by atoms with E-state index < -0.39 is 0 Å². The molecule has 4 rings (SSSR count). The minimum absolute atomic E-state index is 0. The van der Waals surface area contributed by atoms with Crippen molar-refractivity contribution in [1.82, 2.24) is 0 Å². The molecule has 0 aromatic heterocycles.